The van der Waals surface area contributed by atoms with Crippen LogP contribution in [0.15, 0.2) is 41.7 Å². The fraction of sp³-hybridized carbons (Fsp3) is 0.100. The molecule has 1 aromatic carbocycles. The second kappa shape index (κ2) is 4.78. The Morgan fingerprint density at radius 1 is 1.32 bits per heavy atom. The average Bonchev–Trinajstić information content (AvgIpc) is 2.74. The van der Waals surface area contributed by atoms with Gasteiger partial charge in [-0.1, -0.05) is 30.3 Å². The third-order valence-electron chi connectivity index (χ3n) is 2.42. The number of rotatable bonds is 4. The summed E-state index contributed by atoms with van der Waals surface area (Å²) in [5.74, 6) is -0.633. The number of imidazole rings is 1. The largest absolute Gasteiger partial charge is 0.363 e. The second-order valence-corrected chi connectivity index (χ2v) is 5.27. The summed E-state index contributed by atoms with van der Waals surface area (Å²) >= 11 is 0. The predicted octanol–water partition coefficient (Wildman–Crippen LogP) is 0.487. The van der Waals surface area contributed by atoms with E-state index >= 15 is 0 Å². The number of hydrogen-bond donors (Lipinski definition) is 1. The monoisotopic (exact) mass is 282 g/mol. The molecule has 19 heavy (non-hydrogen) atoms. The molecule has 0 amide bonds. The standard InChI is InChI=1S/C10H10N4O4S/c11-19(17,18)9-10(14(15)16)13(7-12-9)6-8-4-2-1-3-5-8/h1-5,7H,6H2,(H2,11,17,18). The first-order valence-corrected chi connectivity index (χ1v) is 6.70. The average molecular weight is 282 g/mol. The van der Waals surface area contributed by atoms with Crippen molar-refractivity contribution >= 4 is 15.8 Å². The number of aromatic nitrogens is 2. The van der Waals surface area contributed by atoms with Crippen LogP contribution in [-0.4, -0.2) is 22.9 Å². The highest BCUT2D eigenvalue weighted by atomic mass is 32.2. The van der Waals surface area contributed by atoms with E-state index in [0.29, 0.717) is 0 Å². The van der Waals surface area contributed by atoms with Crippen molar-refractivity contribution in [2.75, 3.05) is 0 Å². The number of primary sulfonamides is 1. The van der Waals surface area contributed by atoms with Crippen LogP contribution in [0.1, 0.15) is 5.56 Å². The van der Waals surface area contributed by atoms with Gasteiger partial charge in [-0.2, -0.15) is 4.98 Å². The molecule has 2 rings (SSSR count). The van der Waals surface area contributed by atoms with Crippen LogP contribution >= 0.6 is 0 Å². The molecule has 0 unspecified atom stereocenters. The summed E-state index contributed by atoms with van der Waals surface area (Å²) in [6.07, 6.45) is 1.09. The molecule has 9 heteroatoms. The van der Waals surface area contributed by atoms with Crippen molar-refractivity contribution in [2.45, 2.75) is 11.6 Å². The highest BCUT2D eigenvalue weighted by Gasteiger charge is 2.29. The van der Waals surface area contributed by atoms with Crippen LogP contribution in [0.2, 0.25) is 0 Å². The molecule has 1 heterocycles. The Morgan fingerprint density at radius 2 is 1.95 bits per heavy atom. The molecule has 0 aliphatic rings. The Morgan fingerprint density at radius 3 is 2.47 bits per heavy atom. The Kier molecular flexibility index (Phi) is 3.32. The van der Waals surface area contributed by atoms with Crippen LogP contribution in [0.25, 0.3) is 0 Å². The van der Waals surface area contributed by atoms with Crippen LogP contribution in [0.3, 0.4) is 0 Å². The second-order valence-electron chi connectivity index (χ2n) is 3.79. The van der Waals surface area contributed by atoms with Gasteiger partial charge in [-0.15, -0.1) is 0 Å². The van der Waals surface area contributed by atoms with E-state index in [1.165, 1.54) is 0 Å². The molecule has 8 nitrogen and oxygen atoms in total. The van der Waals surface area contributed by atoms with Gasteiger partial charge in [0.15, 0.2) is 6.33 Å². The van der Waals surface area contributed by atoms with Gasteiger partial charge in [-0.25, -0.2) is 18.1 Å². The van der Waals surface area contributed by atoms with Crippen LogP contribution in [-0.2, 0) is 16.6 Å². The first-order chi connectivity index (χ1) is 8.89. The van der Waals surface area contributed by atoms with Gasteiger partial charge in [0.2, 0.25) is 0 Å². The topological polar surface area (TPSA) is 121 Å². The van der Waals surface area contributed by atoms with Gasteiger partial charge in [0, 0.05) is 0 Å². The van der Waals surface area contributed by atoms with E-state index < -0.39 is 25.8 Å². The van der Waals surface area contributed by atoms with Crippen molar-refractivity contribution in [3.8, 4) is 0 Å². The summed E-state index contributed by atoms with van der Waals surface area (Å²) in [5.41, 5.74) is 0.781. The number of nitro groups is 1. The van der Waals surface area contributed by atoms with Gasteiger partial charge in [-0.05, 0) is 10.5 Å². The van der Waals surface area contributed by atoms with E-state index in [-0.39, 0.29) is 6.54 Å². The van der Waals surface area contributed by atoms with Gasteiger partial charge in [-0.3, -0.25) is 0 Å². The molecule has 0 aliphatic carbocycles. The smallest absolute Gasteiger partial charge is 0.358 e. The number of benzene rings is 1. The molecule has 2 N–H and O–H groups in total. The lowest BCUT2D eigenvalue weighted by Crippen LogP contribution is -2.15. The molecule has 0 fully saturated rings. The van der Waals surface area contributed by atoms with Gasteiger partial charge >= 0.3 is 5.82 Å². The minimum absolute atomic E-state index is 0.139. The summed E-state index contributed by atoms with van der Waals surface area (Å²) in [6.45, 7) is 0.139. The first-order valence-electron chi connectivity index (χ1n) is 5.16. The van der Waals surface area contributed by atoms with Crippen molar-refractivity contribution in [3.05, 3.63) is 52.3 Å². The molecule has 0 atom stereocenters. The maximum absolute atomic E-state index is 11.2. The number of sulfonamides is 1. The predicted molar refractivity (Wildman–Crippen MR) is 65.8 cm³/mol. The summed E-state index contributed by atoms with van der Waals surface area (Å²) in [4.78, 5) is 13.7. The maximum Gasteiger partial charge on any atom is 0.363 e. The molecule has 1 aromatic heterocycles. The van der Waals surface area contributed by atoms with Crippen molar-refractivity contribution < 1.29 is 13.3 Å². The minimum atomic E-state index is -4.22. The summed E-state index contributed by atoms with van der Waals surface area (Å²) in [6, 6.07) is 8.89. The molecule has 2 aromatic rings. The molecule has 0 radical (unpaired) electrons. The molecule has 100 valence electrons. The fourth-order valence-electron chi connectivity index (χ4n) is 1.64. The lowest BCUT2D eigenvalue weighted by atomic mass is 10.2. The van der Waals surface area contributed by atoms with E-state index in [1.807, 2.05) is 6.07 Å². The zero-order valence-corrected chi connectivity index (χ0v) is 10.4. The number of nitrogens with two attached hydrogens (primary N) is 1. The normalized spacial score (nSPS) is 11.4. The Bertz CT molecular complexity index is 708. The zero-order valence-electron chi connectivity index (χ0n) is 9.63. The molecule has 0 saturated carbocycles. The highest BCUT2D eigenvalue weighted by Crippen LogP contribution is 2.22. The van der Waals surface area contributed by atoms with Gasteiger partial charge in [0.05, 0.1) is 0 Å². The molecule has 0 aliphatic heterocycles. The lowest BCUT2D eigenvalue weighted by Gasteiger charge is -2.01. The summed E-state index contributed by atoms with van der Waals surface area (Å²) < 4.78 is 23.6. The first kappa shape index (κ1) is 13.2. The van der Waals surface area contributed by atoms with Gasteiger partial charge in [0.25, 0.3) is 15.0 Å². The van der Waals surface area contributed by atoms with E-state index in [0.717, 1.165) is 16.5 Å². The van der Waals surface area contributed by atoms with Crippen molar-refractivity contribution in [1.82, 2.24) is 9.55 Å². The van der Waals surface area contributed by atoms with E-state index in [9.17, 15) is 18.5 Å². The van der Waals surface area contributed by atoms with Crippen LogP contribution < -0.4 is 5.14 Å². The molecular weight excluding hydrogens is 272 g/mol. The third-order valence-corrected chi connectivity index (χ3v) is 3.24. The van der Waals surface area contributed by atoms with Crippen molar-refractivity contribution in [1.29, 1.82) is 0 Å². The van der Waals surface area contributed by atoms with Gasteiger partial charge in [0.1, 0.15) is 6.54 Å². The Labute approximate surface area is 108 Å². The highest BCUT2D eigenvalue weighted by molar-refractivity contribution is 7.89. The zero-order chi connectivity index (χ0) is 14.0. The molecular formula is C10H10N4O4S. The van der Waals surface area contributed by atoms with E-state index in [4.69, 9.17) is 5.14 Å². The number of hydrogen-bond acceptors (Lipinski definition) is 5. The quantitative estimate of drug-likeness (QED) is 0.646. The summed E-state index contributed by atoms with van der Waals surface area (Å²) in [5, 5.41) is 15.1. The summed E-state index contributed by atoms with van der Waals surface area (Å²) in [7, 11) is -4.22. The maximum atomic E-state index is 11.2. The molecule has 0 spiro atoms. The molecule has 0 bridgehead atoms. The SMILES string of the molecule is NS(=O)(=O)c1ncn(Cc2ccccc2)c1[N+](=O)[O-]. The van der Waals surface area contributed by atoms with E-state index in [2.05, 4.69) is 4.98 Å². The minimum Gasteiger partial charge on any atom is -0.358 e. The lowest BCUT2D eigenvalue weighted by molar-refractivity contribution is -0.395. The Hall–Kier alpha value is -2.26. The number of nitrogens with zero attached hydrogens (tertiary/aromatic N) is 3. The Balaban J connectivity index is 2.48. The molecule has 0 saturated heterocycles. The van der Waals surface area contributed by atoms with Gasteiger partial charge < -0.3 is 10.1 Å². The van der Waals surface area contributed by atoms with Crippen LogP contribution in [0, 0.1) is 10.1 Å². The van der Waals surface area contributed by atoms with Crippen LogP contribution in [0.4, 0.5) is 5.82 Å². The fourth-order valence-corrected chi connectivity index (χ4v) is 2.28. The van der Waals surface area contributed by atoms with Crippen LogP contribution in [0.5, 0.6) is 0 Å². The third kappa shape index (κ3) is 2.77. The van der Waals surface area contributed by atoms with E-state index in [1.54, 1.807) is 24.3 Å². The van der Waals surface area contributed by atoms with Crippen molar-refractivity contribution in [3.63, 3.8) is 0 Å². The van der Waals surface area contributed by atoms with Crippen molar-refractivity contribution in [2.24, 2.45) is 5.14 Å².